The van der Waals surface area contributed by atoms with Crippen LogP contribution in [0.25, 0.3) is 11.3 Å². The van der Waals surface area contributed by atoms with Crippen molar-refractivity contribution in [1.29, 1.82) is 0 Å². The first-order chi connectivity index (χ1) is 13.6. The summed E-state index contributed by atoms with van der Waals surface area (Å²) < 4.78 is 2.27. The second-order valence-electron chi connectivity index (χ2n) is 8.12. The topological polar surface area (TPSA) is 46.9 Å². The average molecular weight is 371 g/mol. The Morgan fingerprint density at radius 1 is 1.11 bits per heavy atom. The van der Waals surface area contributed by atoms with Gasteiger partial charge in [-0.3, -0.25) is 4.79 Å². The van der Waals surface area contributed by atoms with Crippen LogP contribution in [0.15, 0.2) is 42.6 Å². The van der Waals surface area contributed by atoms with Crippen molar-refractivity contribution >= 4 is 5.91 Å². The molecule has 142 valence electrons. The minimum Gasteiger partial charge on any atom is -0.345 e. The number of imidazole rings is 1. The van der Waals surface area contributed by atoms with E-state index < -0.39 is 0 Å². The minimum atomic E-state index is 0.00678. The minimum absolute atomic E-state index is 0.00678. The van der Waals surface area contributed by atoms with Gasteiger partial charge in [0.2, 0.25) is 0 Å². The van der Waals surface area contributed by atoms with E-state index in [4.69, 9.17) is 4.98 Å². The number of rotatable bonds is 3. The monoisotopic (exact) mass is 371 g/mol. The zero-order valence-electron chi connectivity index (χ0n) is 16.5. The van der Waals surface area contributed by atoms with Crippen LogP contribution in [0, 0.1) is 13.8 Å². The summed E-state index contributed by atoms with van der Waals surface area (Å²) in [5.74, 6) is 1.20. The van der Waals surface area contributed by atoms with Crippen LogP contribution >= 0.6 is 0 Å². The lowest BCUT2D eigenvalue weighted by atomic mass is 10.0. The number of carbonyl (C=O) groups excluding carboxylic acids is 1. The molecule has 1 aromatic heterocycles. The van der Waals surface area contributed by atoms with Crippen LogP contribution < -0.4 is 5.32 Å². The van der Waals surface area contributed by atoms with E-state index in [1.54, 1.807) is 0 Å². The maximum absolute atomic E-state index is 12.8. The molecule has 1 aliphatic heterocycles. The molecule has 0 radical (unpaired) electrons. The normalized spacial score (nSPS) is 17.4. The Morgan fingerprint density at radius 2 is 2.00 bits per heavy atom. The van der Waals surface area contributed by atoms with Crippen molar-refractivity contribution in [2.75, 3.05) is 0 Å². The molecule has 0 bridgehead atoms. The van der Waals surface area contributed by atoms with Gasteiger partial charge in [0.15, 0.2) is 0 Å². The summed E-state index contributed by atoms with van der Waals surface area (Å²) >= 11 is 0. The Hall–Kier alpha value is -2.88. The predicted molar refractivity (Wildman–Crippen MR) is 110 cm³/mol. The van der Waals surface area contributed by atoms with Crippen molar-refractivity contribution < 1.29 is 4.79 Å². The largest absolute Gasteiger partial charge is 0.345 e. The Morgan fingerprint density at radius 3 is 2.82 bits per heavy atom. The molecule has 4 nitrogen and oxygen atoms in total. The molecular weight excluding hydrogens is 346 g/mol. The molecule has 0 spiro atoms. The second kappa shape index (κ2) is 6.62. The summed E-state index contributed by atoms with van der Waals surface area (Å²) in [6.45, 7) is 5.19. The predicted octanol–water partition coefficient (Wildman–Crippen LogP) is 4.53. The molecule has 0 saturated carbocycles. The summed E-state index contributed by atoms with van der Waals surface area (Å²) in [4.78, 5) is 17.6. The van der Waals surface area contributed by atoms with E-state index in [0.717, 1.165) is 48.2 Å². The molecule has 1 N–H and O–H groups in total. The van der Waals surface area contributed by atoms with Gasteiger partial charge in [0.1, 0.15) is 5.82 Å². The standard InChI is InChI=1S/C24H25N3O/c1-15-5-6-19(12-16(15)2)24(28)26-21-10-9-17-7-8-18(13-20(17)21)22-14-27-11-3-4-23(27)25-22/h5-8,12-14,21H,3-4,9-11H2,1-2H3,(H,26,28). The third kappa shape index (κ3) is 2.93. The highest BCUT2D eigenvalue weighted by molar-refractivity contribution is 5.94. The number of aromatic nitrogens is 2. The van der Waals surface area contributed by atoms with Crippen molar-refractivity contribution in [2.24, 2.45) is 0 Å². The SMILES string of the molecule is Cc1ccc(C(=O)NC2CCc3ccc(-c4cn5c(n4)CCC5)cc32)cc1C. The zero-order valence-corrected chi connectivity index (χ0v) is 16.5. The molecule has 1 atom stereocenters. The molecular formula is C24H25N3O. The van der Waals surface area contributed by atoms with Gasteiger partial charge in [-0.2, -0.15) is 0 Å². The van der Waals surface area contributed by atoms with Gasteiger partial charge >= 0.3 is 0 Å². The molecule has 2 aromatic carbocycles. The Labute approximate surface area is 165 Å². The van der Waals surface area contributed by atoms with E-state index in [-0.39, 0.29) is 11.9 Å². The van der Waals surface area contributed by atoms with Gasteiger partial charge in [-0.1, -0.05) is 18.2 Å². The lowest BCUT2D eigenvalue weighted by molar-refractivity contribution is 0.0936. The number of hydrogen-bond donors (Lipinski definition) is 1. The van der Waals surface area contributed by atoms with Crippen molar-refractivity contribution in [3.63, 3.8) is 0 Å². The van der Waals surface area contributed by atoms with Crippen molar-refractivity contribution in [3.8, 4) is 11.3 Å². The lowest BCUT2D eigenvalue weighted by Crippen LogP contribution is -2.27. The highest BCUT2D eigenvalue weighted by Gasteiger charge is 2.25. The maximum Gasteiger partial charge on any atom is 0.251 e. The fourth-order valence-corrected chi connectivity index (χ4v) is 4.43. The van der Waals surface area contributed by atoms with E-state index in [1.807, 2.05) is 25.1 Å². The molecule has 0 saturated heterocycles. The number of fused-ring (bicyclic) bond motifs is 2. The molecule has 1 unspecified atom stereocenters. The van der Waals surface area contributed by atoms with E-state index in [0.29, 0.717) is 0 Å². The quantitative estimate of drug-likeness (QED) is 0.735. The van der Waals surface area contributed by atoms with Crippen LogP contribution in [0.5, 0.6) is 0 Å². The van der Waals surface area contributed by atoms with Gasteiger partial charge in [-0.25, -0.2) is 4.98 Å². The van der Waals surface area contributed by atoms with Crippen LogP contribution in [0.1, 0.15) is 57.3 Å². The van der Waals surface area contributed by atoms with E-state index in [2.05, 4.69) is 41.2 Å². The number of nitrogens with one attached hydrogen (secondary N) is 1. The fourth-order valence-electron chi connectivity index (χ4n) is 4.43. The van der Waals surface area contributed by atoms with Gasteiger partial charge in [-0.05, 0) is 73.6 Å². The summed E-state index contributed by atoms with van der Waals surface area (Å²) in [7, 11) is 0. The van der Waals surface area contributed by atoms with Crippen molar-refractivity contribution in [3.05, 3.63) is 76.2 Å². The number of hydrogen-bond acceptors (Lipinski definition) is 2. The van der Waals surface area contributed by atoms with Gasteiger partial charge in [-0.15, -0.1) is 0 Å². The first-order valence-corrected chi connectivity index (χ1v) is 10.2. The molecule has 3 aromatic rings. The van der Waals surface area contributed by atoms with E-state index in [1.165, 1.54) is 28.9 Å². The van der Waals surface area contributed by atoms with Crippen LogP contribution in [-0.2, 0) is 19.4 Å². The van der Waals surface area contributed by atoms with Crippen LogP contribution in [0.4, 0.5) is 0 Å². The lowest BCUT2D eigenvalue weighted by Gasteiger charge is -2.15. The van der Waals surface area contributed by atoms with Gasteiger partial charge in [0.05, 0.1) is 11.7 Å². The van der Waals surface area contributed by atoms with E-state index >= 15 is 0 Å². The molecule has 1 amide bonds. The van der Waals surface area contributed by atoms with Crippen LogP contribution in [-0.4, -0.2) is 15.5 Å². The first kappa shape index (κ1) is 17.2. The number of aryl methyl sites for hydroxylation is 5. The molecule has 4 heteroatoms. The summed E-state index contributed by atoms with van der Waals surface area (Å²) in [6, 6.07) is 12.6. The number of carbonyl (C=O) groups is 1. The second-order valence-corrected chi connectivity index (χ2v) is 8.12. The van der Waals surface area contributed by atoms with Crippen LogP contribution in [0.2, 0.25) is 0 Å². The molecule has 5 rings (SSSR count). The molecule has 1 aliphatic carbocycles. The Kier molecular flexibility index (Phi) is 4.08. The highest BCUT2D eigenvalue weighted by Crippen LogP contribution is 2.35. The Balaban J connectivity index is 1.40. The third-order valence-corrected chi connectivity index (χ3v) is 6.25. The Bertz CT molecular complexity index is 1060. The summed E-state index contributed by atoms with van der Waals surface area (Å²) in [5, 5.41) is 3.25. The molecule has 0 fully saturated rings. The van der Waals surface area contributed by atoms with Crippen molar-refractivity contribution in [2.45, 2.75) is 52.1 Å². The van der Waals surface area contributed by atoms with Crippen molar-refractivity contribution in [1.82, 2.24) is 14.9 Å². The maximum atomic E-state index is 12.8. The first-order valence-electron chi connectivity index (χ1n) is 10.2. The molecule has 2 aliphatic rings. The molecule has 2 heterocycles. The van der Waals surface area contributed by atoms with Gasteiger partial charge in [0.25, 0.3) is 5.91 Å². The number of amides is 1. The van der Waals surface area contributed by atoms with E-state index in [9.17, 15) is 4.79 Å². The van der Waals surface area contributed by atoms with Crippen LogP contribution in [0.3, 0.4) is 0 Å². The van der Waals surface area contributed by atoms with Gasteiger partial charge in [0, 0.05) is 30.3 Å². The fraction of sp³-hybridized carbons (Fsp3) is 0.333. The van der Waals surface area contributed by atoms with Gasteiger partial charge < -0.3 is 9.88 Å². The number of benzene rings is 2. The molecule has 28 heavy (non-hydrogen) atoms. The number of nitrogens with zero attached hydrogens (tertiary/aromatic N) is 2. The highest BCUT2D eigenvalue weighted by atomic mass is 16.1. The summed E-state index contributed by atoms with van der Waals surface area (Å²) in [5.41, 5.74) is 7.85. The zero-order chi connectivity index (χ0) is 19.3. The summed E-state index contributed by atoms with van der Waals surface area (Å²) in [6.07, 6.45) is 6.39. The average Bonchev–Trinajstić information content (AvgIpc) is 3.38. The smallest absolute Gasteiger partial charge is 0.251 e. The third-order valence-electron chi connectivity index (χ3n) is 6.25.